The van der Waals surface area contributed by atoms with Crippen molar-refractivity contribution in [3.8, 4) is 0 Å². The molecule has 0 amide bonds. The average molecular weight is 99.1 g/mol. The molecule has 0 aliphatic heterocycles. The second kappa shape index (κ2) is 3.25. The maximum Gasteiger partial charge on any atom is 0.235 e. The van der Waals surface area contributed by atoms with Crippen molar-refractivity contribution in [1.82, 2.24) is 0 Å². The van der Waals surface area contributed by atoms with Crippen LogP contribution in [0.1, 0.15) is 6.92 Å². The van der Waals surface area contributed by atoms with E-state index >= 15 is 0 Å². The van der Waals surface area contributed by atoms with E-state index < -0.39 is 0 Å². The Balaban J connectivity index is 3.32. The Morgan fingerprint density at radius 2 is 2.43 bits per heavy atom. The van der Waals surface area contributed by atoms with Crippen LogP contribution in [-0.2, 0) is 9.59 Å². The van der Waals surface area contributed by atoms with Crippen molar-refractivity contribution >= 4 is 11.9 Å². The zero-order valence-electron chi connectivity index (χ0n) is 3.97. The highest BCUT2D eigenvalue weighted by Crippen LogP contribution is 1.66. The number of ketones is 1. The molecule has 0 atom stereocenters. The minimum Gasteiger partial charge on any atom is -0.298 e. The fourth-order valence-electron chi connectivity index (χ4n) is 0.144. The lowest BCUT2D eigenvalue weighted by Gasteiger charge is -1.74. The Bertz CT molecular complexity index is 113. The molecular formula is C4H5NO2. The number of aliphatic imine (C=N–C) groups is 1. The predicted octanol–water partition coefficient (Wildman–Crippen LogP) is -0.0888. The molecule has 0 bridgehead atoms. The highest BCUT2D eigenvalue weighted by atomic mass is 16.1. The lowest BCUT2D eigenvalue weighted by Crippen LogP contribution is -1.92. The van der Waals surface area contributed by atoms with E-state index in [1.807, 2.05) is 0 Å². The summed E-state index contributed by atoms with van der Waals surface area (Å²) in [5.74, 6) is -0.122. The number of Topliss-reactive ketones (excluding diaryl/α,β-unsaturated/α-hetero) is 1. The Kier molecular flexibility index (Phi) is 2.81. The first-order valence-corrected chi connectivity index (χ1v) is 1.80. The Labute approximate surface area is 41.1 Å². The number of carbonyl (C=O) groups excluding carboxylic acids is 2. The van der Waals surface area contributed by atoms with Gasteiger partial charge in [0.05, 0.1) is 0 Å². The lowest BCUT2D eigenvalue weighted by molar-refractivity contribution is -0.115. The van der Waals surface area contributed by atoms with Crippen molar-refractivity contribution in [2.45, 2.75) is 6.92 Å². The van der Waals surface area contributed by atoms with Crippen LogP contribution < -0.4 is 0 Å². The van der Waals surface area contributed by atoms with Crippen molar-refractivity contribution in [3.63, 3.8) is 0 Å². The van der Waals surface area contributed by atoms with Crippen molar-refractivity contribution in [1.29, 1.82) is 0 Å². The van der Waals surface area contributed by atoms with Gasteiger partial charge in [-0.3, -0.25) is 4.79 Å². The van der Waals surface area contributed by atoms with E-state index in [0.717, 1.165) is 0 Å². The number of rotatable bonds is 2. The quantitative estimate of drug-likeness (QED) is 0.359. The van der Waals surface area contributed by atoms with Gasteiger partial charge in [-0.25, -0.2) is 4.79 Å². The van der Waals surface area contributed by atoms with Crippen molar-refractivity contribution < 1.29 is 9.59 Å². The summed E-state index contributed by atoms with van der Waals surface area (Å²) in [7, 11) is 0. The maximum atomic E-state index is 9.93. The number of hydrogen-bond donors (Lipinski definition) is 0. The van der Waals surface area contributed by atoms with Crippen molar-refractivity contribution in [3.05, 3.63) is 0 Å². The van der Waals surface area contributed by atoms with E-state index in [1.54, 1.807) is 0 Å². The largest absolute Gasteiger partial charge is 0.298 e. The minimum absolute atomic E-state index is 0.0382. The Morgan fingerprint density at radius 3 is 2.57 bits per heavy atom. The second-order valence-electron chi connectivity index (χ2n) is 1.11. The minimum atomic E-state index is -0.122. The van der Waals surface area contributed by atoms with Crippen LogP contribution in [-0.4, -0.2) is 18.4 Å². The molecule has 0 aromatic rings. The van der Waals surface area contributed by atoms with Gasteiger partial charge < -0.3 is 0 Å². The normalized spacial score (nSPS) is 7.00. The fraction of sp³-hybridized carbons (Fsp3) is 0.500. The number of nitrogens with zero attached hydrogens (tertiary/aromatic N) is 1. The molecule has 38 valence electrons. The molecule has 0 fully saturated rings. The summed E-state index contributed by atoms with van der Waals surface area (Å²) in [6.07, 6.45) is 1.25. The van der Waals surface area contributed by atoms with Gasteiger partial charge in [0.25, 0.3) is 0 Å². The first kappa shape index (κ1) is 6.05. The molecule has 3 nitrogen and oxygen atoms in total. The van der Waals surface area contributed by atoms with Gasteiger partial charge in [-0.05, 0) is 6.92 Å². The second-order valence-corrected chi connectivity index (χ2v) is 1.11. The van der Waals surface area contributed by atoms with E-state index in [-0.39, 0.29) is 12.3 Å². The van der Waals surface area contributed by atoms with Crippen LogP contribution in [0.15, 0.2) is 4.99 Å². The first-order valence-electron chi connectivity index (χ1n) is 1.80. The van der Waals surface area contributed by atoms with Crippen LogP contribution in [0.3, 0.4) is 0 Å². The Hall–Kier alpha value is -0.950. The number of carbonyl (C=O) groups is 1. The van der Waals surface area contributed by atoms with Gasteiger partial charge in [-0.2, -0.15) is 4.99 Å². The molecule has 7 heavy (non-hydrogen) atoms. The van der Waals surface area contributed by atoms with E-state index in [2.05, 4.69) is 4.99 Å². The van der Waals surface area contributed by atoms with Gasteiger partial charge in [-0.15, -0.1) is 0 Å². The molecule has 0 aliphatic carbocycles. The summed E-state index contributed by atoms with van der Waals surface area (Å²) in [6.45, 7) is 1.32. The standard InChI is InChI=1S/C4H5NO2/c1-4(7)2-5-3-6/h2H2,1H3. The molecule has 0 saturated heterocycles. The molecule has 0 N–H and O–H groups in total. The van der Waals surface area contributed by atoms with Crippen LogP contribution in [0.4, 0.5) is 0 Å². The van der Waals surface area contributed by atoms with Gasteiger partial charge in [0.15, 0.2) is 5.78 Å². The molecule has 0 aliphatic rings. The van der Waals surface area contributed by atoms with Gasteiger partial charge in [0.2, 0.25) is 6.08 Å². The summed E-state index contributed by atoms with van der Waals surface area (Å²) in [6, 6.07) is 0. The van der Waals surface area contributed by atoms with E-state index in [9.17, 15) is 9.59 Å². The third-order valence-corrected chi connectivity index (χ3v) is 0.366. The fourth-order valence-corrected chi connectivity index (χ4v) is 0.144. The predicted molar refractivity (Wildman–Crippen MR) is 23.7 cm³/mol. The molecular weight excluding hydrogens is 94.0 g/mol. The molecule has 0 radical (unpaired) electrons. The van der Waals surface area contributed by atoms with E-state index in [0.29, 0.717) is 0 Å². The molecule has 0 rings (SSSR count). The monoisotopic (exact) mass is 99.0 g/mol. The lowest BCUT2D eigenvalue weighted by atomic mass is 10.5. The van der Waals surface area contributed by atoms with Crippen molar-refractivity contribution in [2.24, 2.45) is 4.99 Å². The molecule has 0 spiro atoms. The molecule has 0 aromatic heterocycles. The molecule has 0 heterocycles. The molecule has 0 saturated carbocycles. The van der Waals surface area contributed by atoms with Gasteiger partial charge in [0.1, 0.15) is 6.54 Å². The van der Waals surface area contributed by atoms with Crippen LogP contribution >= 0.6 is 0 Å². The summed E-state index contributed by atoms with van der Waals surface area (Å²) >= 11 is 0. The van der Waals surface area contributed by atoms with Gasteiger partial charge in [-0.1, -0.05) is 0 Å². The number of hydrogen-bond acceptors (Lipinski definition) is 3. The van der Waals surface area contributed by atoms with Crippen LogP contribution in [0.25, 0.3) is 0 Å². The van der Waals surface area contributed by atoms with Crippen LogP contribution in [0.5, 0.6) is 0 Å². The SMILES string of the molecule is CC(=O)CN=C=O. The third-order valence-electron chi connectivity index (χ3n) is 0.366. The van der Waals surface area contributed by atoms with Gasteiger partial charge in [0, 0.05) is 0 Å². The molecule has 3 heteroatoms. The van der Waals surface area contributed by atoms with Crippen molar-refractivity contribution in [2.75, 3.05) is 6.54 Å². The maximum absolute atomic E-state index is 9.93. The van der Waals surface area contributed by atoms with Crippen LogP contribution in [0, 0.1) is 0 Å². The smallest absolute Gasteiger partial charge is 0.235 e. The highest BCUT2D eigenvalue weighted by Gasteiger charge is 1.83. The summed E-state index contributed by atoms with van der Waals surface area (Å²) in [5.41, 5.74) is 0. The summed E-state index contributed by atoms with van der Waals surface area (Å²) < 4.78 is 0. The molecule has 0 unspecified atom stereocenters. The topological polar surface area (TPSA) is 46.5 Å². The van der Waals surface area contributed by atoms with Crippen LogP contribution in [0.2, 0.25) is 0 Å². The van der Waals surface area contributed by atoms with Gasteiger partial charge >= 0.3 is 0 Å². The zero-order valence-corrected chi connectivity index (χ0v) is 3.97. The van der Waals surface area contributed by atoms with E-state index in [4.69, 9.17) is 0 Å². The molecule has 0 aromatic carbocycles. The average Bonchev–Trinajstić information content (AvgIpc) is 1.61. The summed E-state index contributed by atoms with van der Waals surface area (Å²) in [4.78, 5) is 22.2. The first-order chi connectivity index (χ1) is 3.27. The third kappa shape index (κ3) is 5.05. The highest BCUT2D eigenvalue weighted by molar-refractivity contribution is 5.78. The number of isocyanates is 1. The summed E-state index contributed by atoms with van der Waals surface area (Å²) in [5, 5.41) is 0. The zero-order chi connectivity index (χ0) is 5.70. The Morgan fingerprint density at radius 1 is 1.86 bits per heavy atom. The van der Waals surface area contributed by atoms with E-state index in [1.165, 1.54) is 13.0 Å².